The van der Waals surface area contributed by atoms with Crippen LogP contribution in [0.5, 0.6) is 11.5 Å². The quantitative estimate of drug-likeness (QED) is 0.746. The van der Waals surface area contributed by atoms with Crippen LogP contribution in [0, 0.1) is 0 Å². The Labute approximate surface area is 123 Å². The first kappa shape index (κ1) is 14.2. The number of nitrogens with two attached hydrogens (primary N) is 1. The Morgan fingerprint density at radius 2 is 2.19 bits per heavy atom. The van der Waals surface area contributed by atoms with Crippen LogP contribution in [0.15, 0.2) is 18.2 Å². The Kier molecular flexibility index (Phi) is 3.98. The van der Waals surface area contributed by atoms with Gasteiger partial charge in [-0.25, -0.2) is 0 Å². The molecule has 1 fully saturated rings. The van der Waals surface area contributed by atoms with Crippen LogP contribution in [-0.2, 0) is 4.79 Å². The molecule has 2 aliphatic rings. The molecular formula is C15H21N3O3. The molecule has 114 valence electrons. The van der Waals surface area contributed by atoms with E-state index >= 15 is 0 Å². The molecule has 1 amide bonds. The second kappa shape index (κ2) is 5.91. The number of fused-ring (bicyclic) bond motifs is 1. The van der Waals surface area contributed by atoms with Crippen molar-refractivity contribution in [2.45, 2.75) is 24.9 Å². The van der Waals surface area contributed by atoms with Crippen molar-refractivity contribution in [1.29, 1.82) is 0 Å². The number of benzene rings is 1. The number of likely N-dealkylation sites (tertiary alicyclic amines) is 1. The van der Waals surface area contributed by atoms with Gasteiger partial charge in [-0.3, -0.25) is 9.69 Å². The lowest BCUT2D eigenvalue weighted by Crippen LogP contribution is -2.46. The molecule has 0 radical (unpaired) electrons. The lowest BCUT2D eigenvalue weighted by atomic mass is 10.0. The van der Waals surface area contributed by atoms with Crippen LogP contribution in [-0.4, -0.2) is 48.2 Å². The molecule has 1 unspecified atom stereocenters. The Hall–Kier alpha value is -1.79. The minimum absolute atomic E-state index is 0.174. The predicted octanol–water partition coefficient (Wildman–Crippen LogP) is 0.365. The molecule has 1 aromatic rings. The molecule has 2 aliphatic heterocycles. The van der Waals surface area contributed by atoms with Gasteiger partial charge in [-0.15, -0.1) is 0 Å². The van der Waals surface area contributed by atoms with E-state index < -0.39 is 0 Å². The number of nitrogens with zero attached hydrogens (tertiary/aromatic N) is 1. The van der Waals surface area contributed by atoms with E-state index in [4.69, 9.17) is 10.5 Å². The number of amides is 1. The number of aromatic hydroxyl groups is 1. The summed E-state index contributed by atoms with van der Waals surface area (Å²) in [6.45, 7) is 2.72. The van der Waals surface area contributed by atoms with Gasteiger partial charge in [-0.1, -0.05) is 0 Å². The molecular weight excluding hydrogens is 270 g/mol. The number of nitrogens with one attached hydrogen (secondary N) is 1. The van der Waals surface area contributed by atoms with E-state index in [0.717, 1.165) is 37.2 Å². The zero-order chi connectivity index (χ0) is 14.8. The molecule has 6 nitrogen and oxygen atoms in total. The van der Waals surface area contributed by atoms with Crippen LogP contribution in [0.2, 0.25) is 0 Å². The van der Waals surface area contributed by atoms with Crippen molar-refractivity contribution in [3.63, 3.8) is 0 Å². The lowest BCUT2D eigenvalue weighted by molar-refractivity contribution is -0.119. The fourth-order valence-electron chi connectivity index (χ4n) is 3.10. The van der Waals surface area contributed by atoms with E-state index in [9.17, 15) is 9.90 Å². The molecule has 4 N–H and O–H groups in total. The average Bonchev–Trinajstić information content (AvgIpc) is 2.83. The number of carbonyl (C=O) groups excluding carboxylic acids is 1. The maximum absolute atomic E-state index is 10.9. The standard InChI is InChI=1S/C15H21N3O3/c16-15(20)8-18-5-3-10(4-6-18)17-13-9-21-14-7-11(19)1-2-12(13)14/h1-2,7,10,13,17,19H,3-6,8-9H2,(H2,16,20). The van der Waals surface area contributed by atoms with Gasteiger partial charge in [-0.2, -0.15) is 0 Å². The maximum Gasteiger partial charge on any atom is 0.231 e. The van der Waals surface area contributed by atoms with Crippen LogP contribution in [0.25, 0.3) is 0 Å². The van der Waals surface area contributed by atoms with Crippen molar-refractivity contribution in [3.8, 4) is 11.5 Å². The van der Waals surface area contributed by atoms with Gasteiger partial charge in [0.15, 0.2) is 0 Å². The normalized spacial score (nSPS) is 22.8. The van der Waals surface area contributed by atoms with E-state index in [1.165, 1.54) is 0 Å². The highest BCUT2D eigenvalue weighted by Gasteiger charge is 2.28. The second-order valence-corrected chi connectivity index (χ2v) is 5.77. The molecule has 0 bridgehead atoms. The van der Waals surface area contributed by atoms with Crippen molar-refractivity contribution < 1.29 is 14.6 Å². The van der Waals surface area contributed by atoms with Crippen LogP contribution in [0.4, 0.5) is 0 Å². The zero-order valence-corrected chi connectivity index (χ0v) is 11.9. The molecule has 0 spiro atoms. The topological polar surface area (TPSA) is 87.8 Å². The molecule has 3 rings (SSSR count). The summed E-state index contributed by atoms with van der Waals surface area (Å²) in [5, 5.41) is 13.1. The highest BCUT2D eigenvalue weighted by Crippen LogP contribution is 2.35. The van der Waals surface area contributed by atoms with E-state index in [2.05, 4.69) is 10.2 Å². The van der Waals surface area contributed by atoms with Crippen molar-refractivity contribution in [2.75, 3.05) is 26.2 Å². The summed E-state index contributed by atoms with van der Waals surface area (Å²) in [6, 6.07) is 5.86. The van der Waals surface area contributed by atoms with Gasteiger partial charge >= 0.3 is 0 Å². The fourth-order valence-corrected chi connectivity index (χ4v) is 3.10. The number of rotatable bonds is 4. The van der Waals surface area contributed by atoms with Gasteiger partial charge in [-0.05, 0) is 25.0 Å². The van der Waals surface area contributed by atoms with Crippen LogP contribution < -0.4 is 15.8 Å². The smallest absolute Gasteiger partial charge is 0.231 e. The van der Waals surface area contributed by atoms with Gasteiger partial charge in [0.05, 0.1) is 12.6 Å². The number of hydrogen-bond acceptors (Lipinski definition) is 5. The van der Waals surface area contributed by atoms with Crippen LogP contribution in [0.3, 0.4) is 0 Å². The van der Waals surface area contributed by atoms with Gasteiger partial charge in [0.1, 0.15) is 18.1 Å². The first-order valence-electron chi connectivity index (χ1n) is 7.34. The minimum atomic E-state index is -0.265. The fraction of sp³-hybridized carbons (Fsp3) is 0.533. The summed E-state index contributed by atoms with van der Waals surface area (Å²) in [5.41, 5.74) is 6.33. The maximum atomic E-state index is 10.9. The van der Waals surface area contributed by atoms with Gasteiger partial charge in [0.2, 0.25) is 5.91 Å². The zero-order valence-electron chi connectivity index (χ0n) is 11.9. The van der Waals surface area contributed by atoms with Crippen LogP contribution in [0.1, 0.15) is 24.4 Å². The molecule has 1 aromatic carbocycles. The third kappa shape index (κ3) is 3.28. The predicted molar refractivity (Wildman–Crippen MR) is 78.1 cm³/mol. The summed E-state index contributed by atoms with van der Waals surface area (Å²) in [5.74, 6) is 0.729. The third-order valence-corrected chi connectivity index (χ3v) is 4.18. The largest absolute Gasteiger partial charge is 0.508 e. The minimum Gasteiger partial charge on any atom is -0.508 e. The third-order valence-electron chi connectivity index (χ3n) is 4.18. The van der Waals surface area contributed by atoms with Gasteiger partial charge in [0.25, 0.3) is 0 Å². The van der Waals surface area contributed by atoms with Crippen molar-refractivity contribution in [3.05, 3.63) is 23.8 Å². The summed E-state index contributed by atoms with van der Waals surface area (Å²) in [4.78, 5) is 13.0. The summed E-state index contributed by atoms with van der Waals surface area (Å²) in [6.07, 6.45) is 1.99. The van der Waals surface area contributed by atoms with Crippen molar-refractivity contribution in [1.82, 2.24) is 10.2 Å². The highest BCUT2D eigenvalue weighted by molar-refractivity contribution is 5.75. The monoisotopic (exact) mass is 291 g/mol. The average molecular weight is 291 g/mol. The van der Waals surface area contributed by atoms with Crippen molar-refractivity contribution >= 4 is 5.91 Å². The molecule has 6 heteroatoms. The molecule has 0 aromatic heterocycles. The molecule has 21 heavy (non-hydrogen) atoms. The Morgan fingerprint density at radius 3 is 2.90 bits per heavy atom. The number of piperidine rings is 1. The van der Waals surface area contributed by atoms with Gasteiger partial charge in [0, 0.05) is 30.8 Å². The number of phenols is 1. The molecule has 1 atom stereocenters. The van der Waals surface area contributed by atoms with Gasteiger partial charge < -0.3 is 20.9 Å². The summed E-state index contributed by atoms with van der Waals surface area (Å²) in [7, 11) is 0. The Bertz CT molecular complexity index is 527. The highest BCUT2D eigenvalue weighted by atomic mass is 16.5. The summed E-state index contributed by atoms with van der Waals surface area (Å²) < 4.78 is 5.61. The molecule has 0 saturated carbocycles. The second-order valence-electron chi connectivity index (χ2n) is 5.77. The van der Waals surface area contributed by atoms with E-state index in [1.54, 1.807) is 12.1 Å². The van der Waals surface area contributed by atoms with E-state index in [1.807, 2.05) is 6.07 Å². The van der Waals surface area contributed by atoms with Crippen LogP contribution >= 0.6 is 0 Å². The first-order valence-corrected chi connectivity index (χ1v) is 7.34. The lowest BCUT2D eigenvalue weighted by Gasteiger charge is -2.32. The van der Waals surface area contributed by atoms with E-state index in [0.29, 0.717) is 19.2 Å². The Morgan fingerprint density at radius 1 is 1.43 bits per heavy atom. The number of primary amides is 1. The van der Waals surface area contributed by atoms with Crippen molar-refractivity contribution in [2.24, 2.45) is 5.73 Å². The number of carbonyl (C=O) groups is 1. The summed E-state index contributed by atoms with van der Waals surface area (Å²) >= 11 is 0. The molecule has 2 heterocycles. The molecule has 0 aliphatic carbocycles. The number of ether oxygens (including phenoxy) is 1. The van der Waals surface area contributed by atoms with E-state index in [-0.39, 0.29) is 17.7 Å². The SMILES string of the molecule is NC(=O)CN1CCC(NC2COc3cc(O)ccc32)CC1. The number of phenolic OH excluding ortho intramolecular Hbond substituents is 1. The first-order chi connectivity index (χ1) is 10.1. The molecule has 1 saturated heterocycles. The number of hydrogen-bond donors (Lipinski definition) is 3. The Balaban J connectivity index is 1.54.